The van der Waals surface area contributed by atoms with E-state index in [1.807, 2.05) is 0 Å². The van der Waals surface area contributed by atoms with Gasteiger partial charge in [0.15, 0.2) is 0 Å². The fourth-order valence-electron chi connectivity index (χ4n) is 2.20. The highest BCUT2D eigenvalue weighted by Crippen LogP contribution is 2.29. The van der Waals surface area contributed by atoms with Crippen LogP contribution in [0.4, 0.5) is 0 Å². The van der Waals surface area contributed by atoms with Crippen molar-refractivity contribution in [3.8, 4) is 0 Å². The number of hydrogen-bond acceptors (Lipinski definition) is 1. The molecule has 0 aromatic rings. The molecule has 1 heteroatoms. The van der Waals surface area contributed by atoms with Crippen molar-refractivity contribution in [2.24, 2.45) is 11.7 Å². The van der Waals surface area contributed by atoms with Crippen LogP contribution in [-0.4, -0.2) is 6.04 Å². The first-order valence-corrected chi connectivity index (χ1v) is 6.68. The van der Waals surface area contributed by atoms with Gasteiger partial charge in [-0.2, -0.15) is 0 Å². The highest BCUT2D eigenvalue weighted by atomic mass is 14.6. The van der Waals surface area contributed by atoms with Gasteiger partial charge < -0.3 is 5.73 Å². The Balaban J connectivity index is 2.65. The molecular formula is C15H27N. The first kappa shape index (κ1) is 13.5. The Morgan fingerprint density at radius 2 is 2.00 bits per heavy atom. The van der Waals surface area contributed by atoms with Gasteiger partial charge in [0.1, 0.15) is 0 Å². The molecule has 1 nitrogen and oxygen atoms in total. The van der Waals surface area contributed by atoms with Gasteiger partial charge in [0.25, 0.3) is 0 Å². The summed E-state index contributed by atoms with van der Waals surface area (Å²) in [5.41, 5.74) is 10.9. The number of allylic oxidation sites excluding steroid dienone is 3. The molecule has 0 aromatic carbocycles. The van der Waals surface area contributed by atoms with Gasteiger partial charge >= 0.3 is 0 Å². The average Bonchev–Trinajstić information content (AvgIpc) is 2.23. The smallest absolute Gasteiger partial charge is 0.00993 e. The predicted molar refractivity (Wildman–Crippen MR) is 72.4 cm³/mol. The third kappa shape index (κ3) is 3.79. The average molecular weight is 221 g/mol. The second-order valence-corrected chi connectivity index (χ2v) is 5.47. The largest absolute Gasteiger partial charge is 0.327 e. The summed E-state index contributed by atoms with van der Waals surface area (Å²) in [7, 11) is 0. The maximum absolute atomic E-state index is 6.14. The molecular weight excluding hydrogens is 194 g/mol. The minimum absolute atomic E-state index is 0.326. The molecule has 0 saturated carbocycles. The topological polar surface area (TPSA) is 26.0 Å². The van der Waals surface area contributed by atoms with Gasteiger partial charge in [-0.15, -0.1) is 0 Å². The molecule has 16 heavy (non-hydrogen) atoms. The van der Waals surface area contributed by atoms with Gasteiger partial charge in [-0.25, -0.2) is 0 Å². The molecule has 1 rings (SSSR count). The third-order valence-electron chi connectivity index (χ3n) is 3.62. The standard InChI is InChI=1S/C15H27N/c1-5-6-14-9-13(8-7-12(14)4)10-15(16)11(2)3/h9,11,15H,5-8,10,16H2,1-4H3. The van der Waals surface area contributed by atoms with Gasteiger partial charge in [-0.05, 0) is 44.1 Å². The van der Waals surface area contributed by atoms with Crippen LogP contribution in [0, 0.1) is 5.92 Å². The van der Waals surface area contributed by atoms with Crippen molar-refractivity contribution in [3.63, 3.8) is 0 Å². The lowest BCUT2D eigenvalue weighted by Gasteiger charge is -2.22. The minimum Gasteiger partial charge on any atom is -0.327 e. The van der Waals surface area contributed by atoms with Crippen molar-refractivity contribution in [2.45, 2.75) is 65.8 Å². The van der Waals surface area contributed by atoms with Crippen LogP contribution in [0.1, 0.15) is 59.8 Å². The Morgan fingerprint density at radius 1 is 1.31 bits per heavy atom. The van der Waals surface area contributed by atoms with Crippen molar-refractivity contribution >= 4 is 0 Å². The molecule has 2 N–H and O–H groups in total. The Bertz CT molecular complexity index is 284. The number of hydrogen-bond donors (Lipinski definition) is 1. The van der Waals surface area contributed by atoms with Crippen LogP contribution in [0.15, 0.2) is 22.8 Å². The summed E-state index contributed by atoms with van der Waals surface area (Å²) in [6.45, 7) is 8.95. The van der Waals surface area contributed by atoms with Crippen LogP contribution in [0.5, 0.6) is 0 Å². The summed E-state index contributed by atoms with van der Waals surface area (Å²) in [5.74, 6) is 0.586. The summed E-state index contributed by atoms with van der Waals surface area (Å²) in [6.07, 6.45) is 8.44. The fourth-order valence-corrected chi connectivity index (χ4v) is 2.20. The zero-order valence-corrected chi connectivity index (χ0v) is 11.3. The van der Waals surface area contributed by atoms with Crippen LogP contribution in [-0.2, 0) is 0 Å². The van der Waals surface area contributed by atoms with E-state index >= 15 is 0 Å². The van der Waals surface area contributed by atoms with E-state index in [2.05, 4.69) is 33.8 Å². The summed E-state index contributed by atoms with van der Waals surface area (Å²) in [5, 5.41) is 0. The Morgan fingerprint density at radius 3 is 2.56 bits per heavy atom. The molecule has 0 heterocycles. The Labute approximate surface area is 101 Å². The normalized spacial score (nSPS) is 19.0. The first-order chi connectivity index (χ1) is 7.54. The highest BCUT2D eigenvalue weighted by molar-refractivity contribution is 5.33. The number of rotatable bonds is 5. The predicted octanol–water partition coefficient (Wildman–Crippen LogP) is 4.20. The summed E-state index contributed by atoms with van der Waals surface area (Å²) >= 11 is 0. The third-order valence-corrected chi connectivity index (χ3v) is 3.62. The quantitative estimate of drug-likeness (QED) is 0.740. The summed E-state index contributed by atoms with van der Waals surface area (Å²) in [6, 6.07) is 0.326. The van der Waals surface area contributed by atoms with Crippen molar-refractivity contribution in [2.75, 3.05) is 0 Å². The molecule has 0 radical (unpaired) electrons. The molecule has 0 aromatic heterocycles. The van der Waals surface area contributed by atoms with Crippen LogP contribution in [0.2, 0.25) is 0 Å². The SMILES string of the molecule is CCCC1=C(C)CCC(CC(N)C(C)C)=C1. The van der Waals surface area contributed by atoms with E-state index in [0.717, 1.165) is 6.42 Å². The molecule has 0 aliphatic heterocycles. The number of nitrogens with two attached hydrogens (primary N) is 1. The maximum Gasteiger partial charge on any atom is 0.00993 e. The van der Waals surface area contributed by atoms with E-state index in [1.54, 1.807) is 16.7 Å². The van der Waals surface area contributed by atoms with E-state index < -0.39 is 0 Å². The highest BCUT2D eigenvalue weighted by Gasteiger charge is 2.14. The van der Waals surface area contributed by atoms with E-state index in [1.165, 1.54) is 25.7 Å². The van der Waals surface area contributed by atoms with Crippen molar-refractivity contribution < 1.29 is 0 Å². The zero-order valence-electron chi connectivity index (χ0n) is 11.3. The van der Waals surface area contributed by atoms with Crippen LogP contribution in [0.25, 0.3) is 0 Å². The second-order valence-electron chi connectivity index (χ2n) is 5.47. The molecule has 0 bridgehead atoms. The van der Waals surface area contributed by atoms with Gasteiger partial charge in [-0.3, -0.25) is 0 Å². The summed E-state index contributed by atoms with van der Waals surface area (Å²) in [4.78, 5) is 0. The maximum atomic E-state index is 6.14. The lowest BCUT2D eigenvalue weighted by molar-refractivity contribution is 0.482. The zero-order chi connectivity index (χ0) is 12.1. The van der Waals surface area contributed by atoms with Crippen molar-refractivity contribution in [1.82, 2.24) is 0 Å². The van der Waals surface area contributed by atoms with Gasteiger partial charge in [-0.1, -0.05) is 44.4 Å². The van der Waals surface area contributed by atoms with E-state index in [-0.39, 0.29) is 0 Å². The molecule has 92 valence electrons. The van der Waals surface area contributed by atoms with Crippen LogP contribution in [0.3, 0.4) is 0 Å². The molecule has 1 aliphatic carbocycles. The van der Waals surface area contributed by atoms with Crippen molar-refractivity contribution in [3.05, 3.63) is 22.8 Å². The van der Waals surface area contributed by atoms with Gasteiger partial charge in [0.2, 0.25) is 0 Å². The lowest BCUT2D eigenvalue weighted by atomic mass is 9.86. The van der Waals surface area contributed by atoms with Gasteiger partial charge in [0, 0.05) is 6.04 Å². The van der Waals surface area contributed by atoms with Crippen LogP contribution >= 0.6 is 0 Å². The van der Waals surface area contributed by atoms with E-state index in [4.69, 9.17) is 5.73 Å². The van der Waals surface area contributed by atoms with Crippen LogP contribution < -0.4 is 5.73 Å². The van der Waals surface area contributed by atoms with E-state index in [9.17, 15) is 0 Å². The van der Waals surface area contributed by atoms with Gasteiger partial charge in [0.05, 0.1) is 0 Å². The molecule has 1 aliphatic rings. The Hall–Kier alpha value is -0.560. The molecule has 1 unspecified atom stereocenters. The monoisotopic (exact) mass is 221 g/mol. The molecule has 0 spiro atoms. The molecule has 0 saturated heterocycles. The van der Waals surface area contributed by atoms with E-state index in [0.29, 0.717) is 12.0 Å². The summed E-state index contributed by atoms with van der Waals surface area (Å²) < 4.78 is 0. The fraction of sp³-hybridized carbons (Fsp3) is 0.733. The minimum atomic E-state index is 0.326. The Kier molecular flexibility index (Phi) is 5.27. The lowest BCUT2D eigenvalue weighted by Crippen LogP contribution is -2.27. The first-order valence-electron chi connectivity index (χ1n) is 6.68. The molecule has 1 atom stereocenters. The molecule has 0 fully saturated rings. The second kappa shape index (κ2) is 6.24. The molecule has 0 amide bonds. The van der Waals surface area contributed by atoms with Crippen molar-refractivity contribution in [1.29, 1.82) is 0 Å².